The van der Waals surface area contributed by atoms with Crippen LogP contribution in [-0.2, 0) is 4.57 Å². The number of rotatable bonds is 11. The Bertz CT molecular complexity index is 746. The van der Waals surface area contributed by atoms with Gasteiger partial charge in [0.1, 0.15) is 0 Å². The third-order valence-electron chi connectivity index (χ3n) is 4.19. The van der Waals surface area contributed by atoms with Crippen LogP contribution in [0.25, 0.3) is 0 Å². The zero-order chi connectivity index (χ0) is 31.6. The monoisotopic (exact) mass is 635 g/mol. The minimum atomic E-state index is -7.47. The van der Waals surface area contributed by atoms with E-state index in [2.05, 4.69) is 0 Å². The van der Waals surface area contributed by atoms with Crippen LogP contribution in [0.4, 0.5) is 79.0 Å². The lowest BCUT2D eigenvalue weighted by Gasteiger charge is -2.38. The predicted octanol–water partition coefficient (Wildman–Crippen LogP) is 6.00. The molecule has 0 aliphatic rings. The van der Waals surface area contributed by atoms with E-state index in [1.165, 1.54) is 0 Å². The van der Waals surface area contributed by atoms with Crippen molar-refractivity contribution in [2.24, 2.45) is 5.92 Å². The molecule has 0 bridgehead atoms. The molecule has 24 heteroatoms. The van der Waals surface area contributed by atoms with Gasteiger partial charge < -0.3 is 20.0 Å². The van der Waals surface area contributed by atoms with Crippen molar-refractivity contribution in [2.75, 3.05) is 13.1 Å². The van der Waals surface area contributed by atoms with E-state index in [0.29, 0.717) is 0 Å². The quantitative estimate of drug-likeness (QED) is 0.165. The number of hydrogen-bond acceptors (Lipinski definition) is 2. The first kappa shape index (κ1) is 39.0. The van der Waals surface area contributed by atoms with Crippen molar-refractivity contribution >= 4 is 7.82 Å². The summed E-state index contributed by atoms with van der Waals surface area (Å²) in [5.74, 6) is -46.0. The highest BCUT2D eigenvalue weighted by Crippen LogP contribution is 2.57. The third-order valence-corrected chi connectivity index (χ3v) is 4.19. The molecule has 0 saturated heterocycles. The number of alkyl halides is 18. The zero-order valence-corrected chi connectivity index (χ0v) is 18.8. The van der Waals surface area contributed by atoms with Gasteiger partial charge in [-0.15, -0.1) is 0 Å². The summed E-state index contributed by atoms with van der Waals surface area (Å²) in [5.41, 5.74) is 0. The van der Waals surface area contributed by atoms with Crippen molar-refractivity contribution in [3.05, 3.63) is 0 Å². The zero-order valence-electron chi connectivity index (χ0n) is 17.9. The van der Waals surface area contributed by atoms with Gasteiger partial charge in [0.15, 0.2) is 0 Å². The minimum Gasteiger partial charge on any atom is -0.317 e. The first-order chi connectivity index (χ1) is 16.1. The Hall–Kier alpha value is -1.19. The number of nitrogens with one attached hydrogen (secondary N) is 1. The fourth-order valence-electron chi connectivity index (χ4n) is 2.36. The topological polar surface area (TPSA) is 89.8 Å². The maximum Gasteiger partial charge on any atom is 0.466 e. The molecule has 5 nitrogen and oxygen atoms in total. The average Bonchev–Trinajstić information content (AvgIpc) is 2.61. The molecular weight excluding hydrogens is 619 g/mol. The lowest BCUT2D eigenvalue weighted by atomic mass is 9.86. The van der Waals surface area contributed by atoms with Crippen LogP contribution in [-0.4, -0.2) is 75.7 Å². The van der Waals surface area contributed by atoms with Crippen LogP contribution in [0.5, 0.6) is 0 Å². The van der Waals surface area contributed by atoms with Crippen LogP contribution >= 0.6 is 7.82 Å². The number of halogens is 18. The van der Waals surface area contributed by atoms with Crippen LogP contribution < -0.4 is 5.32 Å². The summed E-state index contributed by atoms with van der Waals surface area (Å²) in [4.78, 5) is 21.6. The van der Waals surface area contributed by atoms with Gasteiger partial charge in [0, 0.05) is 12.8 Å². The molecule has 0 heterocycles. The molecule has 0 fully saturated rings. The van der Waals surface area contributed by atoms with E-state index in [1.54, 1.807) is 5.32 Å². The first-order valence-corrected chi connectivity index (χ1v) is 10.6. The normalized spacial score (nSPS) is 15.4. The van der Waals surface area contributed by atoms with Gasteiger partial charge in [-0.1, -0.05) is 6.92 Å². The van der Waals surface area contributed by atoms with Gasteiger partial charge in [0.2, 0.25) is 0 Å². The Labute approximate surface area is 199 Å². The highest BCUT2D eigenvalue weighted by molar-refractivity contribution is 7.45. The molecule has 0 amide bonds. The summed E-state index contributed by atoms with van der Waals surface area (Å²) < 4.78 is 241. The summed E-state index contributed by atoms with van der Waals surface area (Å²) in [7, 11) is -4.64. The summed E-state index contributed by atoms with van der Waals surface area (Å²) in [5, 5.41) is 1.76. The first-order valence-electron chi connectivity index (χ1n) is 9.03. The van der Waals surface area contributed by atoms with Gasteiger partial charge in [-0.25, -0.2) is 4.57 Å². The van der Waals surface area contributed by atoms with E-state index in [9.17, 15) is 79.0 Å². The summed E-state index contributed by atoms with van der Waals surface area (Å²) in [6.07, 6.45) is -20.9. The molecular formula is C14H16F18NO4P. The van der Waals surface area contributed by atoms with E-state index >= 15 is 0 Å². The highest BCUT2D eigenvalue weighted by atomic mass is 31.2. The second-order valence-electron chi connectivity index (χ2n) is 7.30. The van der Waals surface area contributed by atoms with Crippen molar-refractivity contribution in [3.8, 4) is 0 Å². The Morgan fingerprint density at radius 1 is 0.579 bits per heavy atom. The lowest BCUT2D eigenvalue weighted by Crippen LogP contribution is -2.62. The van der Waals surface area contributed by atoms with Crippen molar-refractivity contribution in [3.63, 3.8) is 0 Å². The maximum atomic E-state index is 13.7. The molecule has 0 aromatic heterocycles. The fraction of sp³-hybridized carbons (Fsp3) is 1.00. The molecule has 232 valence electrons. The molecule has 0 aliphatic carbocycles. The second kappa shape index (κ2) is 11.7. The van der Waals surface area contributed by atoms with Crippen molar-refractivity contribution < 1.29 is 98.3 Å². The minimum absolute atomic E-state index is 0.474. The average molecular weight is 635 g/mol. The van der Waals surface area contributed by atoms with Gasteiger partial charge in [-0.05, 0) is 19.0 Å². The summed E-state index contributed by atoms with van der Waals surface area (Å²) in [6, 6.07) is 0. The highest BCUT2D eigenvalue weighted by Gasteiger charge is 2.83. The molecule has 0 saturated carbocycles. The van der Waals surface area contributed by atoms with E-state index in [4.69, 9.17) is 19.2 Å². The van der Waals surface area contributed by atoms with Crippen LogP contribution in [0, 0.1) is 5.92 Å². The molecule has 0 aliphatic heterocycles. The number of hydrogen-bond donors (Lipinski definition) is 4. The lowest BCUT2D eigenvalue weighted by molar-refractivity contribution is -0.402. The Morgan fingerprint density at radius 3 is 1.00 bits per heavy atom. The van der Waals surface area contributed by atoms with E-state index in [1.807, 2.05) is 0 Å². The van der Waals surface area contributed by atoms with Gasteiger partial charge in [0.25, 0.3) is 0 Å². The van der Waals surface area contributed by atoms with Crippen LogP contribution in [0.3, 0.4) is 0 Å². The predicted molar refractivity (Wildman–Crippen MR) is 87.3 cm³/mol. The smallest absolute Gasteiger partial charge is 0.317 e. The van der Waals surface area contributed by atoms with Gasteiger partial charge in [-0.3, -0.25) is 0 Å². The third kappa shape index (κ3) is 8.91. The van der Waals surface area contributed by atoms with Crippen LogP contribution in [0.15, 0.2) is 0 Å². The SMILES string of the molecule is CCNCC(CC(F)(F)C(F)(F)C(F)(F)C(F)(F)F)CC(F)(F)C(F)(F)C(F)(F)C(F)(F)F.O=P(O)(O)O. The van der Waals surface area contributed by atoms with Crippen molar-refractivity contribution in [1.82, 2.24) is 5.32 Å². The van der Waals surface area contributed by atoms with Gasteiger partial charge >= 0.3 is 55.7 Å². The fourth-order valence-corrected chi connectivity index (χ4v) is 2.36. The summed E-state index contributed by atoms with van der Waals surface area (Å²) in [6.45, 7) is -1.01. The largest absolute Gasteiger partial charge is 0.466 e. The van der Waals surface area contributed by atoms with E-state index < -0.39 is 87.6 Å². The van der Waals surface area contributed by atoms with Crippen molar-refractivity contribution in [1.29, 1.82) is 0 Å². The van der Waals surface area contributed by atoms with E-state index in [-0.39, 0.29) is 0 Å². The van der Waals surface area contributed by atoms with Crippen molar-refractivity contribution in [2.45, 2.75) is 67.7 Å². The Balaban J connectivity index is 0. The molecule has 0 aromatic carbocycles. The standard InChI is InChI=1S/C14H13F18N.H3O4P/c1-2-33-5-6(3-7(15,16)9(19,20)11(23,24)13(27,28)29)4-8(17,18)10(21,22)12(25,26)14(30,31)32;1-5(2,3)4/h6,33H,2-5H2,1H3;(H3,1,2,3,4). The molecule has 0 atom stereocenters. The molecule has 0 rings (SSSR count). The molecule has 38 heavy (non-hydrogen) atoms. The van der Waals surface area contributed by atoms with Crippen LogP contribution in [0.1, 0.15) is 19.8 Å². The van der Waals surface area contributed by atoms with E-state index in [0.717, 1.165) is 6.92 Å². The second-order valence-corrected chi connectivity index (χ2v) is 8.32. The molecule has 0 unspecified atom stereocenters. The molecule has 4 N–H and O–H groups in total. The van der Waals surface area contributed by atoms with Gasteiger partial charge in [-0.2, -0.15) is 79.0 Å². The summed E-state index contributed by atoms with van der Waals surface area (Å²) >= 11 is 0. The van der Waals surface area contributed by atoms with Crippen LogP contribution in [0.2, 0.25) is 0 Å². The molecule has 0 spiro atoms. The Kier molecular flexibility index (Phi) is 12.0. The van der Waals surface area contributed by atoms with Gasteiger partial charge in [0.05, 0.1) is 0 Å². The molecule has 0 aromatic rings. The molecule has 0 radical (unpaired) electrons. The maximum absolute atomic E-state index is 13.7. The number of phosphoric acid groups is 1. The Morgan fingerprint density at radius 2 is 0.816 bits per heavy atom.